The molecule has 0 bridgehead atoms. The number of piperidine rings is 1. The van der Waals surface area contributed by atoms with Crippen LogP contribution < -0.4 is 10.2 Å². The third-order valence-corrected chi connectivity index (χ3v) is 5.30. The lowest BCUT2D eigenvalue weighted by Gasteiger charge is -2.30. The van der Waals surface area contributed by atoms with Crippen LogP contribution in [0.15, 0.2) is 18.3 Å². The summed E-state index contributed by atoms with van der Waals surface area (Å²) in [6.45, 7) is 5.86. The summed E-state index contributed by atoms with van der Waals surface area (Å²) < 4.78 is 5.28. The van der Waals surface area contributed by atoms with Gasteiger partial charge >= 0.3 is 0 Å². The summed E-state index contributed by atoms with van der Waals surface area (Å²) in [5, 5.41) is 4.04. The van der Waals surface area contributed by atoms with Gasteiger partial charge in [-0.3, -0.25) is 4.79 Å². The standard InChI is InChI=1S/C17H24N4O2S/c1-2-23-12-4-9-18-15(22)13-6-10-21(11-7-13)17-20-14-5-3-8-19-16(14)24-17/h3,5,8,13H,2,4,6-7,9-12H2,1H3,(H,18,22). The Hall–Kier alpha value is -1.73. The van der Waals surface area contributed by atoms with Gasteiger partial charge in [0.2, 0.25) is 5.91 Å². The van der Waals surface area contributed by atoms with Crippen molar-refractivity contribution in [1.29, 1.82) is 0 Å². The summed E-state index contributed by atoms with van der Waals surface area (Å²) in [6, 6.07) is 3.90. The van der Waals surface area contributed by atoms with Crippen molar-refractivity contribution in [3.05, 3.63) is 18.3 Å². The molecular weight excluding hydrogens is 324 g/mol. The Kier molecular flexibility index (Phi) is 5.98. The topological polar surface area (TPSA) is 67.3 Å². The maximum absolute atomic E-state index is 12.2. The zero-order chi connectivity index (χ0) is 16.8. The van der Waals surface area contributed by atoms with Gasteiger partial charge in [0.25, 0.3) is 0 Å². The second kappa shape index (κ2) is 8.39. The van der Waals surface area contributed by atoms with Crippen molar-refractivity contribution in [3.63, 3.8) is 0 Å². The molecule has 0 atom stereocenters. The van der Waals surface area contributed by atoms with Crippen LogP contribution in [0.4, 0.5) is 5.13 Å². The number of nitrogens with one attached hydrogen (secondary N) is 1. The number of amides is 1. The molecule has 3 heterocycles. The molecule has 7 heteroatoms. The molecule has 3 rings (SSSR count). The molecule has 130 valence electrons. The van der Waals surface area contributed by atoms with Crippen LogP contribution in [-0.4, -0.2) is 48.7 Å². The first-order chi connectivity index (χ1) is 11.8. The van der Waals surface area contributed by atoms with Crippen molar-refractivity contribution in [2.75, 3.05) is 37.7 Å². The highest BCUT2D eigenvalue weighted by Gasteiger charge is 2.26. The molecule has 6 nitrogen and oxygen atoms in total. The Balaban J connectivity index is 1.46. The number of aromatic nitrogens is 2. The Morgan fingerprint density at radius 3 is 3.04 bits per heavy atom. The Morgan fingerprint density at radius 1 is 1.46 bits per heavy atom. The number of thiazole rings is 1. The second-order valence-corrected chi connectivity index (χ2v) is 6.88. The summed E-state index contributed by atoms with van der Waals surface area (Å²) in [4.78, 5) is 24.5. The molecule has 0 saturated carbocycles. The van der Waals surface area contributed by atoms with Crippen LogP contribution in [0.5, 0.6) is 0 Å². The first kappa shape index (κ1) is 17.1. The van der Waals surface area contributed by atoms with E-state index in [9.17, 15) is 4.79 Å². The molecule has 0 aromatic carbocycles. The molecular formula is C17H24N4O2S. The summed E-state index contributed by atoms with van der Waals surface area (Å²) in [7, 11) is 0. The van der Waals surface area contributed by atoms with Crippen LogP contribution in [0.3, 0.4) is 0 Å². The van der Waals surface area contributed by atoms with Gasteiger partial charge in [-0.1, -0.05) is 11.3 Å². The van der Waals surface area contributed by atoms with Crippen molar-refractivity contribution in [1.82, 2.24) is 15.3 Å². The molecule has 24 heavy (non-hydrogen) atoms. The van der Waals surface area contributed by atoms with Gasteiger partial charge in [-0.05, 0) is 38.3 Å². The van der Waals surface area contributed by atoms with Gasteiger partial charge in [0.1, 0.15) is 10.3 Å². The highest BCUT2D eigenvalue weighted by atomic mass is 32.1. The van der Waals surface area contributed by atoms with Gasteiger partial charge in [0.05, 0.1) is 0 Å². The van der Waals surface area contributed by atoms with E-state index in [0.29, 0.717) is 13.2 Å². The number of hydrogen-bond acceptors (Lipinski definition) is 6. The van der Waals surface area contributed by atoms with E-state index < -0.39 is 0 Å². The average molecular weight is 348 g/mol. The molecule has 0 unspecified atom stereocenters. The quantitative estimate of drug-likeness (QED) is 0.779. The highest BCUT2D eigenvalue weighted by molar-refractivity contribution is 7.21. The summed E-state index contributed by atoms with van der Waals surface area (Å²) in [5.74, 6) is 0.290. The molecule has 1 saturated heterocycles. The molecule has 0 spiro atoms. The van der Waals surface area contributed by atoms with E-state index in [-0.39, 0.29) is 11.8 Å². The van der Waals surface area contributed by atoms with E-state index >= 15 is 0 Å². The molecule has 0 radical (unpaired) electrons. The smallest absolute Gasteiger partial charge is 0.223 e. The minimum atomic E-state index is 0.112. The SMILES string of the molecule is CCOCCCNC(=O)C1CCN(c2nc3cccnc3s2)CC1. The number of hydrogen-bond donors (Lipinski definition) is 1. The van der Waals surface area contributed by atoms with Crippen LogP contribution in [-0.2, 0) is 9.53 Å². The van der Waals surface area contributed by atoms with E-state index in [1.807, 2.05) is 19.1 Å². The average Bonchev–Trinajstić information content (AvgIpc) is 3.05. The molecule has 1 aliphatic rings. The monoisotopic (exact) mass is 348 g/mol. The van der Waals surface area contributed by atoms with Crippen molar-refractivity contribution in [2.45, 2.75) is 26.2 Å². The zero-order valence-electron chi connectivity index (χ0n) is 14.0. The van der Waals surface area contributed by atoms with Gasteiger partial charge < -0.3 is 15.0 Å². The third kappa shape index (κ3) is 4.21. The van der Waals surface area contributed by atoms with Gasteiger partial charge in [-0.15, -0.1) is 0 Å². The summed E-state index contributed by atoms with van der Waals surface area (Å²) >= 11 is 1.62. The largest absolute Gasteiger partial charge is 0.382 e. The predicted octanol–water partition coefficient (Wildman–Crippen LogP) is 2.45. The molecule has 2 aromatic rings. The van der Waals surface area contributed by atoms with Crippen molar-refractivity contribution >= 4 is 32.7 Å². The number of pyridine rings is 1. The van der Waals surface area contributed by atoms with E-state index in [1.165, 1.54) is 0 Å². The fraction of sp³-hybridized carbons (Fsp3) is 0.588. The van der Waals surface area contributed by atoms with Crippen LogP contribution in [0.2, 0.25) is 0 Å². The van der Waals surface area contributed by atoms with Crippen LogP contribution >= 0.6 is 11.3 Å². The number of carbonyl (C=O) groups is 1. The Bertz CT molecular complexity index is 634. The van der Waals surface area contributed by atoms with Crippen molar-refractivity contribution < 1.29 is 9.53 Å². The number of nitrogens with zero attached hydrogens (tertiary/aromatic N) is 3. The lowest BCUT2D eigenvalue weighted by atomic mass is 9.96. The lowest BCUT2D eigenvalue weighted by molar-refractivity contribution is -0.125. The Morgan fingerprint density at radius 2 is 2.29 bits per heavy atom. The van der Waals surface area contributed by atoms with Gasteiger partial charge in [-0.25, -0.2) is 9.97 Å². The second-order valence-electron chi connectivity index (χ2n) is 5.93. The van der Waals surface area contributed by atoms with E-state index in [2.05, 4.69) is 20.2 Å². The fourth-order valence-corrected chi connectivity index (χ4v) is 3.86. The van der Waals surface area contributed by atoms with Crippen LogP contribution in [0.1, 0.15) is 26.2 Å². The molecule has 1 N–H and O–H groups in total. The first-order valence-corrected chi connectivity index (χ1v) is 9.41. The predicted molar refractivity (Wildman–Crippen MR) is 96.5 cm³/mol. The van der Waals surface area contributed by atoms with Crippen LogP contribution in [0.25, 0.3) is 10.3 Å². The van der Waals surface area contributed by atoms with Crippen molar-refractivity contribution in [3.8, 4) is 0 Å². The highest BCUT2D eigenvalue weighted by Crippen LogP contribution is 2.30. The van der Waals surface area contributed by atoms with E-state index in [4.69, 9.17) is 4.74 Å². The normalized spacial score (nSPS) is 15.8. The van der Waals surface area contributed by atoms with E-state index in [1.54, 1.807) is 17.5 Å². The van der Waals surface area contributed by atoms with Crippen molar-refractivity contribution in [2.24, 2.45) is 5.92 Å². The first-order valence-electron chi connectivity index (χ1n) is 8.60. The number of rotatable bonds is 7. The third-order valence-electron chi connectivity index (χ3n) is 4.26. The van der Waals surface area contributed by atoms with Gasteiger partial charge in [0.15, 0.2) is 5.13 Å². The molecule has 2 aromatic heterocycles. The Labute approximate surface area is 146 Å². The maximum Gasteiger partial charge on any atom is 0.223 e. The lowest BCUT2D eigenvalue weighted by Crippen LogP contribution is -2.40. The zero-order valence-corrected chi connectivity index (χ0v) is 14.8. The number of fused-ring (bicyclic) bond motifs is 1. The number of carbonyl (C=O) groups excluding carboxylic acids is 1. The minimum absolute atomic E-state index is 0.112. The van der Waals surface area contributed by atoms with Gasteiger partial charge in [-0.2, -0.15) is 0 Å². The molecule has 0 aliphatic carbocycles. The summed E-state index contributed by atoms with van der Waals surface area (Å²) in [6.07, 6.45) is 4.42. The number of anilines is 1. The van der Waals surface area contributed by atoms with E-state index in [0.717, 1.165) is 54.4 Å². The maximum atomic E-state index is 12.2. The minimum Gasteiger partial charge on any atom is -0.382 e. The van der Waals surface area contributed by atoms with Gasteiger partial charge in [0, 0.05) is 45.0 Å². The molecule has 1 fully saturated rings. The van der Waals surface area contributed by atoms with Crippen LogP contribution in [0, 0.1) is 5.92 Å². The molecule has 1 aliphatic heterocycles. The summed E-state index contributed by atoms with van der Waals surface area (Å²) in [5.41, 5.74) is 0.951. The fourth-order valence-electron chi connectivity index (χ4n) is 2.90. The number of ether oxygens (including phenoxy) is 1. The molecule has 1 amide bonds.